The van der Waals surface area contributed by atoms with Crippen LogP contribution in [0.2, 0.25) is 0 Å². The number of aliphatic hydroxyl groups is 1. The maximum absolute atomic E-state index is 11.9. The smallest absolute Gasteiger partial charge is 0.267 e. The van der Waals surface area contributed by atoms with Crippen LogP contribution in [0, 0.1) is 18.8 Å². The molecule has 0 saturated heterocycles. The van der Waals surface area contributed by atoms with E-state index in [-0.39, 0.29) is 12.5 Å². The zero-order valence-corrected chi connectivity index (χ0v) is 11.1. The van der Waals surface area contributed by atoms with E-state index in [1.54, 1.807) is 25.1 Å². The van der Waals surface area contributed by atoms with Crippen LogP contribution < -0.4 is 5.32 Å². The minimum Gasteiger partial charge on any atom is -0.395 e. The Morgan fingerprint density at radius 1 is 1.58 bits per heavy atom. The highest BCUT2D eigenvalue weighted by atomic mass is 32.1. The van der Waals surface area contributed by atoms with Crippen molar-refractivity contribution in [1.29, 1.82) is 0 Å². The van der Waals surface area contributed by atoms with Crippen LogP contribution in [-0.4, -0.2) is 22.8 Å². The first kappa shape index (κ1) is 13.3. The first-order chi connectivity index (χ1) is 9.19. The SMILES string of the molecule is Cc1cc(NC(=O)c2ccc(C#CCCO)s2)no1. The fraction of sp³-hybridized carbons (Fsp3) is 0.231. The summed E-state index contributed by atoms with van der Waals surface area (Å²) in [6.07, 6.45) is 0.428. The first-order valence-corrected chi connectivity index (χ1v) is 6.45. The third-order valence-electron chi connectivity index (χ3n) is 2.15. The van der Waals surface area contributed by atoms with Gasteiger partial charge in [-0.3, -0.25) is 4.79 Å². The lowest BCUT2D eigenvalue weighted by atomic mass is 10.4. The summed E-state index contributed by atoms with van der Waals surface area (Å²) >= 11 is 1.29. The van der Waals surface area contributed by atoms with Crippen LogP contribution in [0.15, 0.2) is 22.7 Å². The molecule has 0 saturated carbocycles. The van der Waals surface area contributed by atoms with Gasteiger partial charge in [0.25, 0.3) is 5.91 Å². The van der Waals surface area contributed by atoms with Crippen LogP contribution in [0.1, 0.15) is 26.7 Å². The van der Waals surface area contributed by atoms with Crippen LogP contribution in [0.3, 0.4) is 0 Å². The number of thiophene rings is 1. The van der Waals surface area contributed by atoms with E-state index in [4.69, 9.17) is 9.63 Å². The fourth-order valence-electron chi connectivity index (χ4n) is 1.34. The van der Waals surface area contributed by atoms with Crippen molar-refractivity contribution >= 4 is 23.1 Å². The van der Waals surface area contributed by atoms with E-state index >= 15 is 0 Å². The lowest BCUT2D eigenvalue weighted by Gasteiger charge is -1.96. The molecule has 2 heterocycles. The normalized spacial score (nSPS) is 9.79. The number of nitrogens with zero attached hydrogens (tertiary/aromatic N) is 1. The van der Waals surface area contributed by atoms with E-state index in [0.717, 1.165) is 4.88 Å². The molecule has 2 N–H and O–H groups in total. The van der Waals surface area contributed by atoms with Gasteiger partial charge in [-0.25, -0.2) is 0 Å². The van der Waals surface area contributed by atoms with Crippen molar-refractivity contribution in [2.45, 2.75) is 13.3 Å². The number of rotatable bonds is 3. The Morgan fingerprint density at radius 2 is 2.42 bits per heavy atom. The van der Waals surface area contributed by atoms with E-state index in [1.165, 1.54) is 11.3 Å². The molecule has 1 amide bonds. The minimum absolute atomic E-state index is 0.0389. The molecule has 98 valence electrons. The molecule has 0 aliphatic carbocycles. The molecule has 0 aliphatic heterocycles. The molecular weight excluding hydrogens is 264 g/mol. The Bertz CT molecular complexity index is 634. The van der Waals surface area contributed by atoms with E-state index in [9.17, 15) is 4.79 Å². The van der Waals surface area contributed by atoms with Crippen molar-refractivity contribution in [2.24, 2.45) is 0 Å². The number of aliphatic hydroxyl groups excluding tert-OH is 1. The Kier molecular flexibility index (Phi) is 4.34. The number of carbonyl (C=O) groups is 1. The average molecular weight is 276 g/mol. The van der Waals surface area contributed by atoms with Gasteiger partial charge < -0.3 is 14.9 Å². The molecule has 2 aromatic rings. The highest BCUT2D eigenvalue weighted by molar-refractivity contribution is 7.14. The third-order valence-corrected chi connectivity index (χ3v) is 3.15. The van der Waals surface area contributed by atoms with Crippen molar-refractivity contribution < 1.29 is 14.4 Å². The number of hydrogen-bond acceptors (Lipinski definition) is 5. The van der Waals surface area contributed by atoms with Gasteiger partial charge in [0.1, 0.15) is 5.76 Å². The van der Waals surface area contributed by atoms with Crippen LogP contribution in [-0.2, 0) is 0 Å². The topological polar surface area (TPSA) is 75.4 Å². The van der Waals surface area contributed by atoms with E-state index in [1.807, 2.05) is 0 Å². The van der Waals surface area contributed by atoms with Gasteiger partial charge in [-0.05, 0) is 19.1 Å². The Morgan fingerprint density at radius 3 is 3.11 bits per heavy atom. The van der Waals surface area contributed by atoms with Crippen molar-refractivity contribution in [3.05, 3.63) is 33.7 Å². The van der Waals surface area contributed by atoms with Gasteiger partial charge in [0.15, 0.2) is 5.82 Å². The lowest BCUT2D eigenvalue weighted by Crippen LogP contribution is -2.10. The molecule has 0 radical (unpaired) electrons. The van der Waals surface area contributed by atoms with Crippen LogP contribution in [0.25, 0.3) is 0 Å². The van der Waals surface area contributed by atoms with Crippen molar-refractivity contribution in [1.82, 2.24) is 5.16 Å². The first-order valence-electron chi connectivity index (χ1n) is 5.63. The molecule has 0 aromatic carbocycles. The number of amides is 1. The molecule has 6 heteroatoms. The van der Waals surface area contributed by atoms with Crippen molar-refractivity contribution in [3.63, 3.8) is 0 Å². The van der Waals surface area contributed by atoms with Crippen LogP contribution >= 0.6 is 11.3 Å². The number of carbonyl (C=O) groups excluding carboxylic acids is 1. The molecule has 0 spiro atoms. The largest absolute Gasteiger partial charge is 0.395 e. The zero-order valence-electron chi connectivity index (χ0n) is 10.3. The quantitative estimate of drug-likeness (QED) is 0.841. The standard InChI is InChI=1S/C13H12N2O3S/c1-9-8-12(15-18-9)14-13(17)11-6-5-10(19-11)4-2-3-7-16/h5-6,8,16H,3,7H2,1H3,(H,14,15,17). The van der Waals surface area contributed by atoms with Gasteiger partial charge in [-0.15, -0.1) is 11.3 Å². The predicted octanol–water partition coefficient (Wildman–Crippen LogP) is 2.03. The second-order valence-corrected chi connectivity index (χ2v) is 4.80. The third kappa shape index (κ3) is 3.68. The molecule has 5 nitrogen and oxygen atoms in total. The monoisotopic (exact) mass is 276 g/mol. The summed E-state index contributed by atoms with van der Waals surface area (Å²) in [5.74, 6) is 6.48. The van der Waals surface area contributed by atoms with Gasteiger partial charge in [0.05, 0.1) is 16.4 Å². The molecule has 19 heavy (non-hydrogen) atoms. The van der Waals surface area contributed by atoms with Crippen LogP contribution in [0.4, 0.5) is 5.82 Å². The maximum atomic E-state index is 11.9. The number of nitrogens with one attached hydrogen (secondary N) is 1. The van der Waals surface area contributed by atoms with Gasteiger partial charge in [0.2, 0.25) is 0 Å². The van der Waals surface area contributed by atoms with Gasteiger partial charge >= 0.3 is 0 Å². The van der Waals surface area contributed by atoms with E-state index in [2.05, 4.69) is 22.3 Å². The lowest BCUT2D eigenvalue weighted by molar-refractivity contribution is 0.102. The number of anilines is 1. The molecule has 2 rings (SSSR count). The number of aryl methyl sites for hydroxylation is 1. The summed E-state index contributed by atoms with van der Waals surface area (Å²) in [6.45, 7) is 1.79. The summed E-state index contributed by atoms with van der Waals surface area (Å²) in [6, 6.07) is 5.13. The molecule has 0 unspecified atom stereocenters. The van der Waals surface area contributed by atoms with Crippen molar-refractivity contribution in [3.8, 4) is 11.8 Å². The summed E-state index contributed by atoms with van der Waals surface area (Å²) in [5, 5.41) is 15.0. The highest BCUT2D eigenvalue weighted by Gasteiger charge is 2.10. The molecule has 0 aliphatic rings. The minimum atomic E-state index is -0.242. The van der Waals surface area contributed by atoms with E-state index < -0.39 is 0 Å². The van der Waals surface area contributed by atoms with Crippen molar-refractivity contribution in [2.75, 3.05) is 11.9 Å². The summed E-state index contributed by atoms with van der Waals surface area (Å²) in [4.78, 5) is 13.2. The van der Waals surface area contributed by atoms with E-state index in [0.29, 0.717) is 22.9 Å². The second kappa shape index (κ2) is 6.18. The van der Waals surface area contributed by atoms with Gasteiger partial charge in [-0.2, -0.15) is 0 Å². The molecule has 0 atom stereocenters. The summed E-state index contributed by atoms with van der Waals surface area (Å²) in [5.41, 5.74) is 0. The zero-order chi connectivity index (χ0) is 13.7. The Hall–Kier alpha value is -2.10. The fourth-order valence-corrected chi connectivity index (χ4v) is 2.11. The second-order valence-electron chi connectivity index (χ2n) is 3.72. The summed E-state index contributed by atoms with van der Waals surface area (Å²) < 4.78 is 4.86. The molecule has 0 bridgehead atoms. The summed E-state index contributed by atoms with van der Waals surface area (Å²) in [7, 11) is 0. The molecular formula is C13H12N2O3S. The maximum Gasteiger partial charge on any atom is 0.267 e. The Balaban J connectivity index is 2.02. The number of hydrogen-bond donors (Lipinski definition) is 2. The average Bonchev–Trinajstić information content (AvgIpc) is 2.99. The van der Waals surface area contributed by atoms with Gasteiger partial charge in [0, 0.05) is 12.5 Å². The van der Waals surface area contributed by atoms with Crippen LogP contribution in [0.5, 0.6) is 0 Å². The number of aromatic nitrogens is 1. The Labute approximate surface area is 114 Å². The predicted molar refractivity (Wildman–Crippen MR) is 72.1 cm³/mol. The molecule has 0 fully saturated rings. The molecule has 2 aromatic heterocycles. The highest BCUT2D eigenvalue weighted by Crippen LogP contribution is 2.17. The van der Waals surface area contributed by atoms with Gasteiger partial charge in [-0.1, -0.05) is 17.0 Å².